The molecule has 8 heteroatoms. The molecular formula is C22H15ClF3NO3. The molecule has 0 atom stereocenters. The number of hydrogen-bond acceptors (Lipinski definition) is 3. The van der Waals surface area contributed by atoms with Gasteiger partial charge < -0.3 is 10.1 Å². The maximum Gasteiger partial charge on any atom is 0.418 e. The van der Waals surface area contributed by atoms with E-state index >= 15 is 0 Å². The Bertz CT molecular complexity index is 1050. The second kappa shape index (κ2) is 9.00. The number of anilines is 1. The van der Waals surface area contributed by atoms with Crippen LogP contribution in [0.4, 0.5) is 18.9 Å². The highest BCUT2D eigenvalue weighted by Crippen LogP contribution is 2.34. The van der Waals surface area contributed by atoms with Gasteiger partial charge in [0.15, 0.2) is 12.4 Å². The maximum atomic E-state index is 13.0. The molecule has 3 aromatic rings. The number of amides is 1. The summed E-state index contributed by atoms with van der Waals surface area (Å²) in [5, 5.41) is 2.71. The van der Waals surface area contributed by atoms with Crippen molar-refractivity contribution in [2.75, 3.05) is 11.9 Å². The molecular weight excluding hydrogens is 419 g/mol. The Kier molecular flexibility index (Phi) is 6.42. The van der Waals surface area contributed by atoms with E-state index < -0.39 is 24.3 Å². The average molecular weight is 434 g/mol. The molecule has 0 aromatic heterocycles. The highest BCUT2D eigenvalue weighted by molar-refractivity contribution is 6.30. The standard InChI is InChI=1S/C22H15ClF3NO3/c23-16-9-5-14(6-10-16)21(29)15-7-11-17(12-8-15)30-13-20(28)27-19-4-2-1-3-18(19)22(24,25)26/h1-12H,13H2,(H,27,28). The van der Waals surface area contributed by atoms with Crippen molar-refractivity contribution in [3.05, 3.63) is 94.5 Å². The van der Waals surface area contributed by atoms with Gasteiger partial charge in [0.2, 0.25) is 0 Å². The minimum Gasteiger partial charge on any atom is -0.484 e. The molecule has 0 unspecified atom stereocenters. The van der Waals surface area contributed by atoms with E-state index in [1.165, 1.54) is 36.4 Å². The summed E-state index contributed by atoms with van der Waals surface area (Å²) < 4.78 is 44.2. The van der Waals surface area contributed by atoms with E-state index in [0.717, 1.165) is 12.1 Å². The van der Waals surface area contributed by atoms with Gasteiger partial charge in [0.25, 0.3) is 5.91 Å². The monoisotopic (exact) mass is 433 g/mol. The van der Waals surface area contributed by atoms with E-state index in [4.69, 9.17) is 16.3 Å². The fourth-order valence-corrected chi connectivity index (χ4v) is 2.77. The topological polar surface area (TPSA) is 55.4 Å². The molecule has 0 aliphatic rings. The van der Waals surface area contributed by atoms with Crippen LogP contribution in [0.1, 0.15) is 21.5 Å². The largest absolute Gasteiger partial charge is 0.484 e. The lowest BCUT2D eigenvalue weighted by molar-refractivity contribution is -0.137. The molecule has 0 heterocycles. The van der Waals surface area contributed by atoms with Crippen molar-refractivity contribution in [3.63, 3.8) is 0 Å². The molecule has 0 bridgehead atoms. The van der Waals surface area contributed by atoms with Gasteiger partial charge in [0, 0.05) is 16.1 Å². The highest BCUT2D eigenvalue weighted by Gasteiger charge is 2.33. The summed E-state index contributed by atoms with van der Waals surface area (Å²) in [7, 11) is 0. The Morgan fingerprint density at radius 1 is 0.867 bits per heavy atom. The summed E-state index contributed by atoms with van der Waals surface area (Å²) in [4.78, 5) is 24.4. The minimum atomic E-state index is -4.59. The van der Waals surface area contributed by atoms with Crippen molar-refractivity contribution in [1.82, 2.24) is 0 Å². The quantitative estimate of drug-likeness (QED) is 0.514. The third-order valence-corrected chi connectivity index (χ3v) is 4.35. The lowest BCUT2D eigenvalue weighted by Crippen LogP contribution is -2.22. The van der Waals surface area contributed by atoms with Crippen LogP contribution in [-0.4, -0.2) is 18.3 Å². The lowest BCUT2D eigenvalue weighted by atomic mass is 10.0. The molecule has 1 amide bonds. The van der Waals surface area contributed by atoms with Crippen LogP contribution in [-0.2, 0) is 11.0 Å². The third-order valence-electron chi connectivity index (χ3n) is 4.10. The molecule has 3 rings (SSSR count). The van der Waals surface area contributed by atoms with E-state index in [1.807, 2.05) is 0 Å². The molecule has 0 saturated heterocycles. The lowest BCUT2D eigenvalue weighted by Gasteiger charge is -2.13. The zero-order chi connectivity index (χ0) is 21.7. The summed E-state index contributed by atoms with van der Waals surface area (Å²) >= 11 is 5.81. The summed E-state index contributed by atoms with van der Waals surface area (Å²) in [6.45, 7) is -0.489. The second-order valence-electron chi connectivity index (χ2n) is 6.24. The first-order valence-electron chi connectivity index (χ1n) is 8.73. The van der Waals surface area contributed by atoms with Crippen LogP contribution >= 0.6 is 11.6 Å². The van der Waals surface area contributed by atoms with Crippen LogP contribution in [0, 0.1) is 0 Å². The molecule has 4 nitrogen and oxygen atoms in total. The van der Waals surface area contributed by atoms with E-state index in [1.54, 1.807) is 24.3 Å². The van der Waals surface area contributed by atoms with Crippen LogP contribution in [0.2, 0.25) is 5.02 Å². The molecule has 0 aliphatic heterocycles. The normalized spacial score (nSPS) is 11.1. The van der Waals surface area contributed by atoms with Crippen molar-refractivity contribution in [1.29, 1.82) is 0 Å². The Morgan fingerprint density at radius 2 is 1.43 bits per heavy atom. The number of carbonyl (C=O) groups excluding carboxylic acids is 2. The van der Waals surface area contributed by atoms with Crippen molar-refractivity contribution in [2.24, 2.45) is 0 Å². The molecule has 0 saturated carbocycles. The maximum absolute atomic E-state index is 13.0. The van der Waals surface area contributed by atoms with Gasteiger partial charge in [-0.25, -0.2) is 0 Å². The number of halogens is 4. The van der Waals surface area contributed by atoms with E-state index in [2.05, 4.69) is 5.32 Å². The van der Waals surface area contributed by atoms with Gasteiger partial charge in [-0.1, -0.05) is 23.7 Å². The third kappa shape index (κ3) is 5.39. The molecule has 3 aromatic carbocycles. The van der Waals surface area contributed by atoms with Crippen molar-refractivity contribution >= 4 is 29.0 Å². The number of nitrogens with one attached hydrogen (secondary N) is 1. The van der Waals surface area contributed by atoms with Crippen LogP contribution in [0.3, 0.4) is 0 Å². The van der Waals surface area contributed by atoms with Gasteiger partial charge in [0.05, 0.1) is 11.3 Å². The van der Waals surface area contributed by atoms with E-state index in [9.17, 15) is 22.8 Å². The first-order chi connectivity index (χ1) is 14.2. The number of carbonyl (C=O) groups is 2. The molecule has 30 heavy (non-hydrogen) atoms. The number of para-hydroxylation sites is 1. The fourth-order valence-electron chi connectivity index (χ4n) is 2.64. The summed E-state index contributed by atoms with van der Waals surface area (Å²) in [6, 6.07) is 17.2. The van der Waals surface area contributed by atoms with Crippen LogP contribution < -0.4 is 10.1 Å². The predicted molar refractivity (Wildman–Crippen MR) is 107 cm³/mol. The smallest absolute Gasteiger partial charge is 0.418 e. The zero-order valence-corrected chi connectivity index (χ0v) is 16.1. The van der Waals surface area contributed by atoms with Gasteiger partial charge in [0.1, 0.15) is 5.75 Å². The van der Waals surface area contributed by atoms with Crippen LogP contribution in [0.5, 0.6) is 5.75 Å². The predicted octanol–water partition coefficient (Wildman–Crippen LogP) is 5.61. The SMILES string of the molecule is O=C(COc1ccc(C(=O)c2ccc(Cl)cc2)cc1)Nc1ccccc1C(F)(F)F. The fraction of sp³-hybridized carbons (Fsp3) is 0.0909. The number of alkyl halides is 3. The van der Waals surface area contributed by atoms with Gasteiger partial charge in [-0.15, -0.1) is 0 Å². The molecule has 0 fully saturated rings. The summed E-state index contributed by atoms with van der Waals surface area (Å²) in [5.74, 6) is -0.658. The van der Waals surface area contributed by atoms with Crippen LogP contribution in [0.25, 0.3) is 0 Å². The number of hydrogen-bond donors (Lipinski definition) is 1. The average Bonchev–Trinajstić information content (AvgIpc) is 2.72. The Labute approximate surface area is 175 Å². The molecule has 0 radical (unpaired) electrons. The molecule has 0 spiro atoms. The second-order valence-corrected chi connectivity index (χ2v) is 6.68. The van der Waals surface area contributed by atoms with E-state index in [0.29, 0.717) is 21.9 Å². The number of ether oxygens (including phenoxy) is 1. The minimum absolute atomic E-state index is 0.209. The summed E-state index contributed by atoms with van der Waals surface area (Å²) in [6.07, 6.45) is -4.59. The van der Waals surface area contributed by atoms with Gasteiger partial charge in [-0.3, -0.25) is 9.59 Å². The van der Waals surface area contributed by atoms with Crippen molar-refractivity contribution in [2.45, 2.75) is 6.18 Å². The Morgan fingerprint density at radius 3 is 2.03 bits per heavy atom. The highest BCUT2D eigenvalue weighted by atomic mass is 35.5. The Hall–Kier alpha value is -3.32. The van der Waals surface area contributed by atoms with E-state index in [-0.39, 0.29) is 11.5 Å². The van der Waals surface area contributed by atoms with Crippen molar-refractivity contribution in [3.8, 4) is 5.75 Å². The molecule has 154 valence electrons. The zero-order valence-electron chi connectivity index (χ0n) is 15.4. The summed E-state index contributed by atoms with van der Waals surface area (Å²) in [5.41, 5.74) is -0.407. The first kappa shape index (κ1) is 21.4. The van der Waals surface area contributed by atoms with Crippen LogP contribution in [0.15, 0.2) is 72.8 Å². The number of benzene rings is 3. The van der Waals surface area contributed by atoms with Crippen molar-refractivity contribution < 1.29 is 27.5 Å². The van der Waals surface area contributed by atoms with Gasteiger partial charge in [-0.2, -0.15) is 13.2 Å². The number of ketones is 1. The van der Waals surface area contributed by atoms with Gasteiger partial charge in [-0.05, 0) is 60.7 Å². The van der Waals surface area contributed by atoms with Gasteiger partial charge >= 0.3 is 6.18 Å². The molecule has 1 N–H and O–H groups in total. The first-order valence-corrected chi connectivity index (χ1v) is 9.11. The Balaban J connectivity index is 1.60. The number of rotatable bonds is 6. The molecule has 0 aliphatic carbocycles.